The molecule has 0 atom stereocenters. The molecule has 206 valence electrons. The minimum Gasteiger partial charge on any atom is -0.489 e. The van der Waals surface area contributed by atoms with Crippen LogP contribution in [0.15, 0.2) is 60.7 Å². The van der Waals surface area contributed by atoms with Crippen molar-refractivity contribution >= 4 is 11.9 Å². The molecular weight excluding hydrogens is 497 g/mol. The van der Waals surface area contributed by atoms with E-state index in [0.29, 0.717) is 50.0 Å². The number of benzene rings is 3. The number of rotatable bonds is 11. The molecule has 4 rings (SSSR count). The third-order valence-corrected chi connectivity index (χ3v) is 7.40. The van der Waals surface area contributed by atoms with Crippen LogP contribution in [0.2, 0.25) is 0 Å². The lowest BCUT2D eigenvalue weighted by molar-refractivity contribution is -0.136. The molecule has 3 aromatic rings. The number of hydrogen-bond donors (Lipinski definition) is 2. The van der Waals surface area contributed by atoms with Crippen molar-refractivity contribution in [1.82, 2.24) is 5.32 Å². The van der Waals surface area contributed by atoms with Crippen LogP contribution in [-0.4, -0.2) is 35.7 Å². The summed E-state index contributed by atoms with van der Waals surface area (Å²) >= 11 is 0. The molecule has 1 aliphatic heterocycles. The summed E-state index contributed by atoms with van der Waals surface area (Å²) in [6, 6.07) is 18.0. The third-order valence-electron chi connectivity index (χ3n) is 7.40. The van der Waals surface area contributed by atoms with Crippen molar-refractivity contribution in [3.8, 4) is 5.75 Å². The normalized spacial score (nSPS) is 14.5. The molecule has 7 heteroatoms. The highest BCUT2D eigenvalue weighted by Gasteiger charge is 2.34. The number of carbonyl (C=O) groups excluding carboxylic acids is 1. The first-order valence-corrected chi connectivity index (χ1v) is 13.4. The van der Waals surface area contributed by atoms with E-state index in [2.05, 4.69) is 5.32 Å². The van der Waals surface area contributed by atoms with Crippen LogP contribution in [-0.2, 0) is 29.0 Å². The van der Waals surface area contributed by atoms with E-state index < -0.39 is 11.5 Å². The highest BCUT2D eigenvalue weighted by Crippen LogP contribution is 2.28. The number of carboxylic acid groups (broad SMARTS) is 1. The predicted octanol–water partition coefficient (Wildman–Crippen LogP) is 5.95. The molecule has 3 aromatic carbocycles. The average molecular weight is 534 g/mol. The van der Waals surface area contributed by atoms with Gasteiger partial charge in [0.1, 0.15) is 18.2 Å². The fourth-order valence-corrected chi connectivity index (χ4v) is 4.95. The van der Waals surface area contributed by atoms with E-state index in [1.54, 1.807) is 12.1 Å². The SMILES string of the molecule is Cc1ccc(C)c(OCc2ccc(CCC(=O)O)c(C(=O)NC3(CCc4ccc(F)cc4)CCOCC3)c2)c1. The van der Waals surface area contributed by atoms with Crippen LogP contribution in [0, 0.1) is 19.7 Å². The summed E-state index contributed by atoms with van der Waals surface area (Å²) in [5.74, 6) is -0.630. The number of ether oxygens (including phenoxy) is 2. The summed E-state index contributed by atoms with van der Waals surface area (Å²) in [6.07, 6.45) is 2.90. The molecule has 0 saturated carbocycles. The van der Waals surface area contributed by atoms with Crippen LogP contribution in [0.3, 0.4) is 0 Å². The van der Waals surface area contributed by atoms with Crippen molar-refractivity contribution in [1.29, 1.82) is 0 Å². The van der Waals surface area contributed by atoms with Gasteiger partial charge in [0.15, 0.2) is 0 Å². The molecule has 1 fully saturated rings. The fourth-order valence-electron chi connectivity index (χ4n) is 4.95. The molecule has 0 aliphatic carbocycles. The Morgan fingerprint density at radius 2 is 1.69 bits per heavy atom. The van der Waals surface area contributed by atoms with E-state index in [0.717, 1.165) is 28.0 Å². The van der Waals surface area contributed by atoms with Crippen molar-refractivity contribution < 1.29 is 28.6 Å². The van der Waals surface area contributed by atoms with E-state index in [1.807, 2.05) is 50.2 Å². The summed E-state index contributed by atoms with van der Waals surface area (Å²) in [6.45, 7) is 5.36. The Morgan fingerprint density at radius 1 is 0.974 bits per heavy atom. The first kappa shape index (κ1) is 28.3. The average Bonchev–Trinajstić information content (AvgIpc) is 2.92. The van der Waals surface area contributed by atoms with Crippen LogP contribution in [0.1, 0.15) is 63.9 Å². The molecule has 1 aliphatic rings. The Balaban J connectivity index is 1.55. The standard InChI is InChI=1S/C32H36FNO5/c1-22-3-4-23(2)29(19-22)39-21-25-5-8-26(9-12-30(35)36)28(20-25)31(37)34-32(15-17-38-18-16-32)14-13-24-6-10-27(33)11-7-24/h3-8,10-11,19-20H,9,12-18,21H2,1-2H3,(H,34,37)(H,35,36). The third kappa shape index (κ3) is 7.90. The molecule has 0 unspecified atom stereocenters. The number of aliphatic carboxylic acids is 1. The minimum absolute atomic E-state index is 0.0673. The molecule has 0 aromatic heterocycles. The number of carboxylic acids is 1. The van der Waals surface area contributed by atoms with Gasteiger partial charge in [0.25, 0.3) is 5.91 Å². The summed E-state index contributed by atoms with van der Waals surface area (Å²) in [4.78, 5) is 25.1. The van der Waals surface area contributed by atoms with Crippen molar-refractivity contribution in [2.45, 2.75) is 64.5 Å². The molecule has 1 heterocycles. The van der Waals surface area contributed by atoms with Gasteiger partial charge in [-0.2, -0.15) is 0 Å². The quantitative estimate of drug-likeness (QED) is 0.318. The number of carbonyl (C=O) groups is 2. The maximum Gasteiger partial charge on any atom is 0.303 e. The molecule has 6 nitrogen and oxygen atoms in total. The minimum atomic E-state index is -0.913. The van der Waals surface area contributed by atoms with E-state index in [4.69, 9.17) is 9.47 Å². The maximum absolute atomic E-state index is 13.8. The van der Waals surface area contributed by atoms with Gasteiger partial charge in [0.05, 0.1) is 0 Å². The van der Waals surface area contributed by atoms with Gasteiger partial charge in [0.2, 0.25) is 0 Å². The zero-order chi connectivity index (χ0) is 27.8. The van der Waals surface area contributed by atoms with Crippen molar-refractivity contribution in [3.05, 3.63) is 99.9 Å². The lowest BCUT2D eigenvalue weighted by Gasteiger charge is -2.38. The Bertz CT molecular complexity index is 1300. The van der Waals surface area contributed by atoms with E-state index in [-0.39, 0.29) is 31.2 Å². The molecular formula is C32H36FNO5. The number of halogens is 1. The number of hydrogen-bond acceptors (Lipinski definition) is 4. The van der Waals surface area contributed by atoms with Crippen LogP contribution >= 0.6 is 0 Å². The molecule has 39 heavy (non-hydrogen) atoms. The second kappa shape index (κ2) is 12.9. The Kier molecular flexibility index (Phi) is 9.36. The topological polar surface area (TPSA) is 84.9 Å². The largest absolute Gasteiger partial charge is 0.489 e. The monoisotopic (exact) mass is 533 g/mol. The lowest BCUT2D eigenvalue weighted by Crippen LogP contribution is -2.52. The zero-order valence-corrected chi connectivity index (χ0v) is 22.6. The van der Waals surface area contributed by atoms with Gasteiger partial charge >= 0.3 is 5.97 Å². The summed E-state index contributed by atoms with van der Waals surface area (Å²) in [7, 11) is 0. The Labute approximate surface area is 229 Å². The first-order chi connectivity index (χ1) is 18.7. The van der Waals surface area contributed by atoms with Gasteiger partial charge < -0.3 is 19.9 Å². The van der Waals surface area contributed by atoms with Gasteiger partial charge in [-0.05, 0) is 98.0 Å². The van der Waals surface area contributed by atoms with Gasteiger partial charge in [-0.3, -0.25) is 9.59 Å². The first-order valence-electron chi connectivity index (χ1n) is 13.4. The van der Waals surface area contributed by atoms with E-state index in [1.165, 1.54) is 12.1 Å². The van der Waals surface area contributed by atoms with Gasteiger partial charge in [-0.15, -0.1) is 0 Å². The van der Waals surface area contributed by atoms with E-state index >= 15 is 0 Å². The van der Waals surface area contributed by atoms with Crippen LogP contribution in [0.4, 0.5) is 4.39 Å². The van der Waals surface area contributed by atoms with Crippen LogP contribution in [0.5, 0.6) is 5.75 Å². The van der Waals surface area contributed by atoms with E-state index in [9.17, 15) is 19.1 Å². The molecule has 2 N–H and O–H groups in total. The number of nitrogens with one attached hydrogen (secondary N) is 1. The summed E-state index contributed by atoms with van der Waals surface area (Å²) in [5, 5.41) is 12.6. The van der Waals surface area contributed by atoms with Crippen molar-refractivity contribution in [2.24, 2.45) is 0 Å². The fraction of sp³-hybridized carbons (Fsp3) is 0.375. The molecule has 0 bridgehead atoms. The number of amides is 1. The Hall–Kier alpha value is -3.71. The summed E-state index contributed by atoms with van der Waals surface area (Å²) < 4.78 is 25.0. The van der Waals surface area contributed by atoms with Crippen LogP contribution < -0.4 is 10.1 Å². The van der Waals surface area contributed by atoms with Crippen molar-refractivity contribution in [3.63, 3.8) is 0 Å². The molecule has 1 amide bonds. The smallest absolute Gasteiger partial charge is 0.303 e. The maximum atomic E-state index is 13.8. The second-order valence-corrected chi connectivity index (χ2v) is 10.4. The summed E-state index contributed by atoms with van der Waals surface area (Å²) in [5.41, 5.74) is 4.63. The lowest BCUT2D eigenvalue weighted by atomic mass is 9.83. The van der Waals surface area contributed by atoms with Crippen LogP contribution in [0.25, 0.3) is 0 Å². The molecule has 0 radical (unpaired) electrons. The van der Waals surface area contributed by atoms with Gasteiger partial charge in [-0.1, -0.05) is 36.4 Å². The molecule has 1 saturated heterocycles. The predicted molar refractivity (Wildman–Crippen MR) is 148 cm³/mol. The second-order valence-electron chi connectivity index (χ2n) is 10.4. The highest BCUT2D eigenvalue weighted by atomic mass is 19.1. The Morgan fingerprint density at radius 3 is 2.41 bits per heavy atom. The van der Waals surface area contributed by atoms with Gasteiger partial charge in [0, 0.05) is 30.7 Å². The van der Waals surface area contributed by atoms with Gasteiger partial charge in [-0.25, -0.2) is 4.39 Å². The number of aryl methyl sites for hydroxylation is 4. The van der Waals surface area contributed by atoms with Crippen molar-refractivity contribution in [2.75, 3.05) is 13.2 Å². The zero-order valence-electron chi connectivity index (χ0n) is 22.6. The molecule has 0 spiro atoms. The highest BCUT2D eigenvalue weighted by molar-refractivity contribution is 5.96.